The Morgan fingerprint density at radius 3 is 3.05 bits per heavy atom. The number of benzene rings is 1. The summed E-state index contributed by atoms with van der Waals surface area (Å²) in [5, 5.41) is 4.31. The minimum absolute atomic E-state index is 0.0411. The molecular formula is C15H12ClNO4. The molecule has 0 atom stereocenters. The third-order valence-corrected chi connectivity index (χ3v) is 3.20. The van der Waals surface area contributed by atoms with Crippen LogP contribution in [0.5, 0.6) is 5.75 Å². The van der Waals surface area contributed by atoms with Crippen LogP contribution in [0.2, 0.25) is 5.02 Å². The van der Waals surface area contributed by atoms with Gasteiger partial charge in [0.2, 0.25) is 0 Å². The van der Waals surface area contributed by atoms with E-state index in [4.69, 9.17) is 25.6 Å². The van der Waals surface area contributed by atoms with Gasteiger partial charge in [0.25, 0.3) is 0 Å². The number of ether oxygens (including phenoxy) is 2. The second kappa shape index (κ2) is 5.61. The van der Waals surface area contributed by atoms with E-state index in [0.29, 0.717) is 22.1 Å². The fourth-order valence-corrected chi connectivity index (χ4v) is 2.16. The van der Waals surface area contributed by atoms with Gasteiger partial charge >= 0.3 is 5.97 Å². The van der Waals surface area contributed by atoms with Gasteiger partial charge in [0.15, 0.2) is 12.4 Å². The molecular weight excluding hydrogens is 294 g/mol. The van der Waals surface area contributed by atoms with E-state index in [1.807, 2.05) is 0 Å². The Balaban J connectivity index is 1.70. The lowest BCUT2D eigenvalue weighted by Gasteiger charge is -2.17. The number of carbonyl (C=O) groups excluding carboxylic acids is 1. The number of carbonyl (C=O) groups is 1. The highest BCUT2D eigenvalue weighted by atomic mass is 35.5. The lowest BCUT2D eigenvalue weighted by molar-refractivity contribution is -0.141. The molecule has 6 heteroatoms. The van der Waals surface area contributed by atoms with E-state index in [1.54, 1.807) is 37.3 Å². The SMILES string of the molecule is Cc1cc(COC(=O)C2=Cc3cc(Cl)ccc3OC2)on1. The summed E-state index contributed by atoms with van der Waals surface area (Å²) in [4.78, 5) is 12.0. The molecule has 2 aromatic rings. The van der Waals surface area contributed by atoms with Crippen molar-refractivity contribution in [1.29, 1.82) is 0 Å². The number of rotatable bonds is 3. The third kappa shape index (κ3) is 3.08. The first-order valence-electron chi connectivity index (χ1n) is 6.34. The van der Waals surface area contributed by atoms with Crippen molar-refractivity contribution >= 4 is 23.6 Å². The Hall–Kier alpha value is -2.27. The zero-order chi connectivity index (χ0) is 14.8. The summed E-state index contributed by atoms with van der Waals surface area (Å²) < 4.78 is 15.7. The highest BCUT2D eigenvalue weighted by Gasteiger charge is 2.19. The molecule has 0 N–H and O–H groups in total. The number of aromatic nitrogens is 1. The molecule has 2 heterocycles. The molecule has 0 bridgehead atoms. The zero-order valence-electron chi connectivity index (χ0n) is 11.3. The van der Waals surface area contributed by atoms with Crippen LogP contribution in [0.25, 0.3) is 6.08 Å². The normalized spacial score (nSPS) is 13.1. The second-order valence-electron chi connectivity index (χ2n) is 4.65. The molecule has 1 aromatic carbocycles. The Morgan fingerprint density at radius 1 is 1.43 bits per heavy atom. The Morgan fingerprint density at radius 2 is 2.29 bits per heavy atom. The van der Waals surface area contributed by atoms with Gasteiger partial charge in [0.1, 0.15) is 12.4 Å². The molecule has 0 fully saturated rings. The number of esters is 1. The first-order valence-corrected chi connectivity index (χ1v) is 6.72. The van der Waals surface area contributed by atoms with Gasteiger partial charge in [0.05, 0.1) is 11.3 Å². The standard InChI is InChI=1S/C15H12ClNO4/c1-9-4-13(21-17-9)8-20-15(18)11-5-10-6-12(16)2-3-14(10)19-7-11/h2-6H,7-8H2,1H3. The van der Waals surface area contributed by atoms with Gasteiger partial charge in [-0.1, -0.05) is 16.8 Å². The predicted octanol–water partition coefficient (Wildman–Crippen LogP) is 3.16. The van der Waals surface area contributed by atoms with E-state index in [9.17, 15) is 4.79 Å². The summed E-state index contributed by atoms with van der Waals surface area (Å²) in [6.45, 7) is 2.01. The molecule has 0 spiro atoms. The van der Waals surface area contributed by atoms with E-state index in [2.05, 4.69) is 5.16 Å². The van der Waals surface area contributed by atoms with Crippen molar-refractivity contribution in [3.63, 3.8) is 0 Å². The summed E-state index contributed by atoms with van der Waals surface area (Å²) in [6.07, 6.45) is 1.72. The van der Waals surface area contributed by atoms with Crippen molar-refractivity contribution in [3.8, 4) is 5.75 Å². The minimum atomic E-state index is -0.449. The first-order chi connectivity index (χ1) is 10.1. The van der Waals surface area contributed by atoms with Crippen molar-refractivity contribution < 1.29 is 18.8 Å². The van der Waals surface area contributed by atoms with Crippen LogP contribution in [0.4, 0.5) is 0 Å². The number of hydrogen-bond acceptors (Lipinski definition) is 5. The molecule has 1 aromatic heterocycles. The zero-order valence-corrected chi connectivity index (χ0v) is 12.0. The average molecular weight is 306 g/mol. The summed E-state index contributed by atoms with van der Waals surface area (Å²) in [5.41, 5.74) is 1.93. The van der Waals surface area contributed by atoms with Gasteiger partial charge < -0.3 is 14.0 Å². The predicted molar refractivity (Wildman–Crippen MR) is 76.0 cm³/mol. The van der Waals surface area contributed by atoms with Crippen molar-refractivity contribution in [3.05, 3.63) is 51.9 Å². The molecule has 0 aliphatic carbocycles. The number of aryl methyl sites for hydroxylation is 1. The molecule has 0 amide bonds. The molecule has 5 nitrogen and oxygen atoms in total. The Labute approximate surface area is 126 Å². The fraction of sp³-hybridized carbons (Fsp3) is 0.200. The molecule has 0 saturated carbocycles. The van der Waals surface area contributed by atoms with E-state index in [0.717, 1.165) is 11.3 Å². The van der Waals surface area contributed by atoms with Gasteiger partial charge in [-0.3, -0.25) is 0 Å². The highest BCUT2D eigenvalue weighted by molar-refractivity contribution is 6.30. The number of fused-ring (bicyclic) bond motifs is 1. The maximum atomic E-state index is 12.0. The number of halogens is 1. The van der Waals surface area contributed by atoms with Crippen LogP contribution in [-0.4, -0.2) is 17.7 Å². The van der Waals surface area contributed by atoms with Crippen molar-refractivity contribution in [2.75, 3.05) is 6.61 Å². The van der Waals surface area contributed by atoms with E-state index >= 15 is 0 Å². The molecule has 1 aliphatic heterocycles. The number of nitrogens with zero attached hydrogens (tertiary/aromatic N) is 1. The van der Waals surface area contributed by atoms with Crippen LogP contribution in [-0.2, 0) is 16.1 Å². The Bertz CT molecular complexity index is 720. The number of hydrogen-bond donors (Lipinski definition) is 0. The summed E-state index contributed by atoms with van der Waals surface area (Å²) in [6, 6.07) is 6.97. The van der Waals surface area contributed by atoms with Crippen LogP contribution in [0.1, 0.15) is 17.0 Å². The molecule has 0 unspecified atom stereocenters. The van der Waals surface area contributed by atoms with Crippen molar-refractivity contribution in [2.45, 2.75) is 13.5 Å². The van der Waals surface area contributed by atoms with Crippen LogP contribution in [0.15, 0.2) is 34.4 Å². The van der Waals surface area contributed by atoms with Gasteiger partial charge in [-0.05, 0) is 31.2 Å². The average Bonchev–Trinajstić information content (AvgIpc) is 2.89. The molecule has 3 rings (SSSR count). The van der Waals surface area contributed by atoms with Gasteiger partial charge in [-0.2, -0.15) is 0 Å². The monoisotopic (exact) mass is 305 g/mol. The topological polar surface area (TPSA) is 61.6 Å². The summed E-state index contributed by atoms with van der Waals surface area (Å²) in [7, 11) is 0. The maximum absolute atomic E-state index is 12.0. The summed E-state index contributed by atoms with van der Waals surface area (Å²) >= 11 is 5.93. The third-order valence-electron chi connectivity index (χ3n) is 2.97. The first kappa shape index (κ1) is 13.7. The lowest BCUT2D eigenvalue weighted by atomic mass is 10.1. The van der Waals surface area contributed by atoms with Crippen LogP contribution in [0.3, 0.4) is 0 Å². The van der Waals surface area contributed by atoms with Gasteiger partial charge in [-0.15, -0.1) is 0 Å². The molecule has 1 aliphatic rings. The molecule has 0 saturated heterocycles. The fourth-order valence-electron chi connectivity index (χ4n) is 1.98. The largest absolute Gasteiger partial charge is 0.488 e. The minimum Gasteiger partial charge on any atom is -0.488 e. The quantitative estimate of drug-likeness (QED) is 0.815. The van der Waals surface area contributed by atoms with Crippen molar-refractivity contribution in [2.24, 2.45) is 0 Å². The van der Waals surface area contributed by atoms with Crippen LogP contribution in [0, 0.1) is 6.92 Å². The molecule has 0 radical (unpaired) electrons. The molecule has 108 valence electrons. The smallest absolute Gasteiger partial charge is 0.337 e. The second-order valence-corrected chi connectivity index (χ2v) is 5.09. The van der Waals surface area contributed by atoms with E-state index in [-0.39, 0.29) is 13.2 Å². The summed E-state index contributed by atoms with van der Waals surface area (Å²) in [5.74, 6) is 0.748. The van der Waals surface area contributed by atoms with Crippen molar-refractivity contribution in [1.82, 2.24) is 5.16 Å². The van der Waals surface area contributed by atoms with Crippen LogP contribution < -0.4 is 4.74 Å². The lowest BCUT2D eigenvalue weighted by Crippen LogP contribution is -2.17. The Kier molecular flexibility index (Phi) is 3.66. The highest BCUT2D eigenvalue weighted by Crippen LogP contribution is 2.29. The maximum Gasteiger partial charge on any atom is 0.337 e. The van der Waals surface area contributed by atoms with Gasteiger partial charge in [0, 0.05) is 16.7 Å². The van der Waals surface area contributed by atoms with E-state index in [1.165, 1.54) is 0 Å². The van der Waals surface area contributed by atoms with E-state index < -0.39 is 5.97 Å². The van der Waals surface area contributed by atoms with Crippen LogP contribution >= 0.6 is 11.6 Å². The van der Waals surface area contributed by atoms with Gasteiger partial charge in [-0.25, -0.2) is 4.79 Å². The molecule has 21 heavy (non-hydrogen) atoms.